The molecule has 0 amide bonds. The zero-order valence-electron chi connectivity index (χ0n) is 15.2. The van der Waals surface area contributed by atoms with Crippen molar-refractivity contribution in [3.05, 3.63) is 44.6 Å². The first-order chi connectivity index (χ1) is 11.9. The number of benzene rings is 1. The van der Waals surface area contributed by atoms with E-state index in [1.807, 2.05) is 0 Å². The van der Waals surface area contributed by atoms with Gasteiger partial charge in [-0.3, -0.25) is 14.2 Å². The van der Waals surface area contributed by atoms with Crippen LogP contribution in [-0.4, -0.2) is 15.3 Å². The second-order valence-electron chi connectivity index (χ2n) is 7.68. The van der Waals surface area contributed by atoms with Crippen molar-refractivity contribution in [3.8, 4) is 0 Å². The van der Waals surface area contributed by atoms with Gasteiger partial charge in [0.25, 0.3) is 5.56 Å². The van der Waals surface area contributed by atoms with E-state index in [0.29, 0.717) is 29.2 Å². The van der Waals surface area contributed by atoms with E-state index in [1.165, 1.54) is 11.5 Å². The van der Waals surface area contributed by atoms with Crippen LogP contribution in [0.4, 0.5) is 0 Å². The molecule has 0 saturated heterocycles. The van der Waals surface area contributed by atoms with Gasteiger partial charge in [0.2, 0.25) is 0 Å². The number of aromatic nitrogens is 2. The Morgan fingerprint density at radius 1 is 1.20 bits per heavy atom. The quantitative estimate of drug-likeness (QED) is 0.927. The summed E-state index contributed by atoms with van der Waals surface area (Å²) in [5.41, 5.74) is 0.774. The number of Topliss-reactive ketones (excluding diaryl/α,β-unsaturated/α-hetero) is 1. The molecule has 1 N–H and O–H groups in total. The normalized spacial score (nSPS) is 21.0. The number of aromatic amines is 1. The molecule has 0 bridgehead atoms. The van der Waals surface area contributed by atoms with E-state index in [1.54, 1.807) is 18.2 Å². The van der Waals surface area contributed by atoms with Gasteiger partial charge < -0.3 is 4.98 Å². The van der Waals surface area contributed by atoms with E-state index in [4.69, 9.17) is 0 Å². The minimum absolute atomic E-state index is 0.0351. The molecule has 1 aromatic carbocycles. The third-order valence-electron chi connectivity index (χ3n) is 5.50. The highest BCUT2D eigenvalue weighted by Gasteiger charge is 2.26. The Hall–Kier alpha value is -2.17. The first kappa shape index (κ1) is 17.6. The van der Waals surface area contributed by atoms with Gasteiger partial charge in [-0.2, -0.15) is 0 Å². The molecule has 2 aromatic rings. The number of fused-ring (bicyclic) bond motifs is 1. The van der Waals surface area contributed by atoms with E-state index in [2.05, 4.69) is 18.8 Å². The summed E-state index contributed by atoms with van der Waals surface area (Å²) < 4.78 is 1.40. The van der Waals surface area contributed by atoms with Crippen LogP contribution in [0, 0.1) is 11.8 Å². The van der Waals surface area contributed by atoms with E-state index < -0.39 is 0 Å². The Morgan fingerprint density at radius 3 is 2.48 bits per heavy atom. The SMILES string of the molecule is CC(=O)Cc1ccc2[nH]c(=O)n(C3CCC(C(C)C)CC3)c(=O)c2c1. The minimum atomic E-state index is -0.329. The summed E-state index contributed by atoms with van der Waals surface area (Å²) in [5, 5.41) is 0.490. The zero-order chi connectivity index (χ0) is 18.1. The van der Waals surface area contributed by atoms with Crippen molar-refractivity contribution in [2.45, 2.75) is 58.9 Å². The molecule has 1 heterocycles. The van der Waals surface area contributed by atoms with E-state index >= 15 is 0 Å². The summed E-state index contributed by atoms with van der Waals surface area (Å²) in [6, 6.07) is 5.21. The highest BCUT2D eigenvalue weighted by atomic mass is 16.2. The maximum atomic E-state index is 13.0. The van der Waals surface area contributed by atoms with E-state index in [0.717, 1.165) is 31.2 Å². The number of ketones is 1. The Balaban J connectivity index is 1.99. The molecule has 25 heavy (non-hydrogen) atoms. The standard InChI is InChI=1S/C20H26N2O3/c1-12(2)15-5-7-16(8-6-15)22-19(24)17-11-14(10-13(3)23)4-9-18(17)21-20(22)25/h4,9,11-12,15-16H,5-8,10H2,1-3H3,(H,21,25). The molecule has 134 valence electrons. The van der Waals surface area contributed by atoms with Gasteiger partial charge in [-0.05, 0) is 62.1 Å². The molecule has 0 atom stereocenters. The topological polar surface area (TPSA) is 71.9 Å². The molecule has 1 aromatic heterocycles. The first-order valence-electron chi connectivity index (χ1n) is 9.13. The van der Waals surface area contributed by atoms with Crippen molar-refractivity contribution < 1.29 is 4.79 Å². The van der Waals surface area contributed by atoms with Crippen molar-refractivity contribution >= 4 is 16.7 Å². The fraction of sp³-hybridized carbons (Fsp3) is 0.550. The van der Waals surface area contributed by atoms with E-state index in [9.17, 15) is 14.4 Å². The molecule has 0 unspecified atom stereocenters. The zero-order valence-corrected chi connectivity index (χ0v) is 15.2. The van der Waals surface area contributed by atoms with Crippen LogP contribution in [0.5, 0.6) is 0 Å². The first-order valence-corrected chi connectivity index (χ1v) is 9.13. The fourth-order valence-electron chi connectivity index (χ4n) is 4.03. The average molecular weight is 342 g/mol. The van der Waals surface area contributed by atoms with Crippen LogP contribution in [0.15, 0.2) is 27.8 Å². The Labute approximate surface area is 147 Å². The van der Waals surface area contributed by atoms with Gasteiger partial charge in [-0.15, -0.1) is 0 Å². The molecule has 5 heteroatoms. The van der Waals surface area contributed by atoms with Gasteiger partial charge in [-0.25, -0.2) is 4.79 Å². The van der Waals surface area contributed by atoms with Crippen LogP contribution in [0.2, 0.25) is 0 Å². The van der Waals surface area contributed by atoms with Gasteiger partial charge in [0.1, 0.15) is 5.78 Å². The summed E-state index contributed by atoms with van der Waals surface area (Å²) in [7, 11) is 0. The maximum absolute atomic E-state index is 13.0. The fourth-order valence-corrected chi connectivity index (χ4v) is 4.03. The van der Waals surface area contributed by atoms with Crippen molar-refractivity contribution in [1.29, 1.82) is 0 Å². The Bertz CT molecular complexity index is 899. The number of hydrogen-bond donors (Lipinski definition) is 1. The smallest absolute Gasteiger partial charge is 0.307 e. The lowest BCUT2D eigenvalue weighted by Gasteiger charge is -2.31. The number of hydrogen-bond acceptors (Lipinski definition) is 3. The highest BCUT2D eigenvalue weighted by molar-refractivity contribution is 5.82. The number of carbonyl (C=O) groups excluding carboxylic acids is 1. The third kappa shape index (κ3) is 3.60. The second kappa shape index (κ2) is 6.98. The summed E-state index contributed by atoms with van der Waals surface area (Å²) in [6.45, 7) is 6.00. The van der Waals surface area contributed by atoms with Gasteiger partial charge in [-0.1, -0.05) is 19.9 Å². The highest BCUT2D eigenvalue weighted by Crippen LogP contribution is 2.34. The molecule has 3 rings (SSSR count). The predicted octanol–water partition coefficient (Wildman–Crippen LogP) is 3.21. The summed E-state index contributed by atoms with van der Waals surface area (Å²) in [4.78, 5) is 39.6. The monoisotopic (exact) mass is 342 g/mol. The molecule has 1 aliphatic rings. The van der Waals surface area contributed by atoms with Gasteiger partial charge in [0, 0.05) is 12.5 Å². The van der Waals surface area contributed by atoms with Gasteiger partial charge in [0.15, 0.2) is 0 Å². The molecule has 5 nitrogen and oxygen atoms in total. The van der Waals surface area contributed by atoms with Crippen molar-refractivity contribution in [1.82, 2.24) is 9.55 Å². The molecule has 1 saturated carbocycles. The van der Waals surface area contributed by atoms with Crippen LogP contribution >= 0.6 is 0 Å². The van der Waals surface area contributed by atoms with E-state index in [-0.39, 0.29) is 23.1 Å². The number of carbonyl (C=O) groups is 1. The average Bonchev–Trinajstić information content (AvgIpc) is 2.55. The number of rotatable bonds is 4. The summed E-state index contributed by atoms with van der Waals surface area (Å²) in [6.07, 6.45) is 4.14. The number of nitrogens with one attached hydrogen (secondary N) is 1. The maximum Gasteiger partial charge on any atom is 0.329 e. The molecular weight excluding hydrogens is 316 g/mol. The van der Waals surface area contributed by atoms with Gasteiger partial charge in [0.05, 0.1) is 10.9 Å². The van der Waals surface area contributed by atoms with Crippen LogP contribution < -0.4 is 11.2 Å². The van der Waals surface area contributed by atoms with Crippen LogP contribution in [0.3, 0.4) is 0 Å². The molecule has 1 fully saturated rings. The van der Waals surface area contributed by atoms with Crippen LogP contribution in [0.25, 0.3) is 10.9 Å². The van der Waals surface area contributed by atoms with Crippen molar-refractivity contribution in [2.75, 3.05) is 0 Å². The largest absolute Gasteiger partial charge is 0.329 e. The predicted molar refractivity (Wildman–Crippen MR) is 99.0 cm³/mol. The Morgan fingerprint density at radius 2 is 1.88 bits per heavy atom. The lowest BCUT2D eigenvalue weighted by molar-refractivity contribution is -0.116. The van der Waals surface area contributed by atoms with Crippen LogP contribution in [-0.2, 0) is 11.2 Å². The molecular formula is C20H26N2O3. The molecule has 0 radical (unpaired) electrons. The third-order valence-corrected chi connectivity index (χ3v) is 5.50. The van der Waals surface area contributed by atoms with Crippen molar-refractivity contribution in [2.24, 2.45) is 11.8 Å². The second-order valence-corrected chi connectivity index (χ2v) is 7.68. The molecule has 1 aliphatic carbocycles. The van der Waals surface area contributed by atoms with Crippen LogP contribution in [0.1, 0.15) is 58.1 Å². The Kier molecular flexibility index (Phi) is 4.93. The summed E-state index contributed by atoms with van der Waals surface area (Å²) in [5.74, 6) is 1.37. The van der Waals surface area contributed by atoms with Crippen molar-refractivity contribution in [3.63, 3.8) is 0 Å². The lowest BCUT2D eigenvalue weighted by Crippen LogP contribution is -2.39. The number of H-pyrrole nitrogens is 1. The minimum Gasteiger partial charge on any atom is -0.307 e. The van der Waals surface area contributed by atoms with Gasteiger partial charge >= 0.3 is 5.69 Å². The molecule has 0 spiro atoms. The lowest BCUT2D eigenvalue weighted by atomic mass is 9.79. The molecule has 0 aliphatic heterocycles. The summed E-state index contributed by atoms with van der Waals surface area (Å²) >= 11 is 0. The number of nitrogens with zero attached hydrogens (tertiary/aromatic N) is 1.